The van der Waals surface area contributed by atoms with E-state index < -0.39 is 17.2 Å². The molecule has 0 saturated heterocycles. The first-order valence-corrected chi connectivity index (χ1v) is 8.90. The van der Waals surface area contributed by atoms with Gasteiger partial charge in [-0.1, -0.05) is 6.07 Å². The van der Waals surface area contributed by atoms with Gasteiger partial charge in [0, 0.05) is 23.5 Å². The quantitative estimate of drug-likeness (QED) is 0.698. The summed E-state index contributed by atoms with van der Waals surface area (Å²) in [7, 11) is 4.45. The number of nitrogens with zero attached hydrogens (tertiary/aromatic N) is 1. The predicted octanol–water partition coefficient (Wildman–Crippen LogP) is 2.94. The summed E-state index contributed by atoms with van der Waals surface area (Å²) in [6.45, 7) is 0. The molecule has 0 bridgehead atoms. The second-order valence-electron chi connectivity index (χ2n) is 6.60. The summed E-state index contributed by atoms with van der Waals surface area (Å²) in [5.74, 6) is 0.372. The molecule has 1 saturated carbocycles. The molecule has 8 heteroatoms. The summed E-state index contributed by atoms with van der Waals surface area (Å²) in [6, 6.07) is 11.8. The number of rotatable bonds is 7. The first kappa shape index (κ1) is 20.0. The maximum Gasteiger partial charge on any atom is 0.240 e. The predicted molar refractivity (Wildman–Crippen MR) is 106 cm³/mol. The van der Waals surface area contributed by atoms with E-state index in [9.17, 15) is 9.59 Å². The van der Waals surface area contributed by atoms with Crippen LogP contribution in [0.25, 0.3) is 0 Å². The molecule has 0 spiro atoms. The molecule has 1 aliphatic rings. The number of amides is 2. The monoisotopic (exact) mass is 395 g/mol. The van der Waals surface area contributed by atoms with Crippen LogP contribution < -0.4 is 24.8 Å². The number of ether oxygens (including phenoxy) is 3. The molecule has 2 amide bonds. The van der Waals surface area contributed by atoms with Gasteiger partial charge >= 0.3 is 0 Å². The van der Waals surface area contributed by atoms with Gasteiger partial charge in [-0.2, -0.15) is 5.26 Å². The Kier molecular flexibility index (Phi) is 5.59. The number of carbonyl (C=O) groups excluding carboxylic acids is 2. The molecule has 150 valence electrons. The number of methoxy groups -OCH3 is 3. The Morgan fingerprint density at radius 1 is 0.931 bits per heavy atom. The Hall–Kier alpha value is -3.73. The van der Waals surface area contributed by atoms with Crippen LogP contribution >= 0.6 is 0 Å². The van der Waals surface area contributed by atoms with Crippen molar-refractivity contribution in [3.63, 3.8) is 0 Å². The zero-order valence-corrected chi connectivity index (χ0v) is 16.4. The number of carbonyl (C=O) groups is 2. The molecule has 1 aliphatic carbocycles. The van der Waals surface area contributed by atoms with Crippen molar-refractivity contribution in [3.8, 4) is 23.3 Å². The number of benzene rings is 2. The highest BCUT2D eigenvalue weighted by atomic mass is 16.5. The van der Waals surface area contributed by atoms with Gasteiger partial charge in [-0.05, 0) is 31.0 Å². The molecule has 2 N–H and O–H groups in total. The Morgan fingerprint density at radius 2 is 1.52 bits per heavy atom. The third kappa shape index (κ3) is 3.94. The summed E-state index contributed by atoms with van der Waals surface area (Å²) in [6.07, 6.45) is 0.875. The molecule has 0 aromatic heterocycles. The molecular weight excluding hydrogens is 374 g/mol. The molecule has 29 heavy (non-hydrogen) atoms. The fourth-order valence-electron chi connectivity index (χ4n) is 3.00. The van der Waals surface area contributed by atoms with Crippen molar-refractivity contribution in [2.45, 2.75) is 12.8 Å². The van der Waals surface area contributed by atoms with Gasteiger partial charge < -0.3 is 24.8 Å². The van der Waals surface area contributed by atoms with E-state index in [0.29, 0.717) is 47.0 Å². The molecule has 3 rings (SSSR count). The number of hydrogen-bond acceptors (Lipinski definition) is 6. The van der Waals surface area contributed by atoms with Crippen molar-refractivity contribution in [3.05, 3.63) is 42.0 Å². The maximum atomic E-state index is 12.9. The first-order valence-electron chi connectivity index (χ1n) is 8.90. The van der Waals surface area contributed by atoms with Gasteiger partial charge in [0.1, 0.15) is 5.41 Å². The van der Waals surface area contributed by atoms with Crippen LogP contribution in [0.3, 0.4) is 0 Å². The molecule has 2 aromatic rings. The molecule has 0 radical (unpaired) electrons. The molecule has 2 aromatic carbocycles. The molecule has 0 aliphatic heterocycles. The second kappa shape index (κ2) is 8.10. The largest absolute Gasteiger partial charge is 0.493 e. The molecule has 0 unspecified atom stereocenters. The maximum absolute atomic E-state index is 12.9. The van der Waals surface area contributed by atoms with Crippen molar-refractivity contribution in [2.75, 3.05) is 32.0 Å². The summed E-state index contributed by atoms with van der Waals surface area (Å²) in [5.41, 5.74) is 0.175. The van der Waals surface area contributed by atoms with Crippen LogP contribution in [0.5, 0.6) is 17.2 Å². The first-order chi connectivity index (χ1) is 14.0. The van der Waals surface area contributed by atoms with Crippen LogP contribution in [0.4, 0.5) is 11.4 Å². The van der Waals surface area contributed by atoms with Gasteiger partial charge in [-0.25, -0.2) is 0 Å². The summed E-state index contributed by atoms with van der Waals surface area (Å²) < 4.78 is 15.8. The summed E-state index contributed by atoms with van der Waals surface area (Å²) in [4.78, 5) is 25.6. The molecular formula is C21H21N3O5. The molecule has 0 atom stereocenters. The number of anilines is 2. The van der Waals surface area contributed by atoms with Crippen LogP contribution in [-0.2, 0) is 9.59 Å². The van der Waals surface area contributed by atoms with E-state index >= 15 is 0 Å². The highest BCUT2D eigenvalue weighted by Crippen LogP contribution is 2.48. The SMILES string of the molecule is COc1cc(NC(=O)C2(C(=O)Nc3cccc(C#N)c3)CC2)cc(OC)c1OC. The van der Waals surface area contributed by atoms with Gasteiger partial charge in [0.15, 0.2) is 11.5 Å². The minimum absolute atomic E-state index is 0.393. The minimum Gasteiger partial charge on any atom is -0.493 e. The van der Waals surface area contributed by atoms with E-state index in [1.807, 2.05) is 6.07 Å². The van der Waals surface area contributed by atoms with Gasteiger partial charge in [0.05, 0.1) is 33.0 Å². The Balaban J connectivity index is 1.78. The lowest BCUT2D eigenvalue weighted by Gasteiger charge is -2.18. The van der Waals surface area contributed by atoms with E-state index in [1.54, 1.807) is 36.4 Å². The van der Waals surface area contributed by atoms with Crippen LogP contribution in [0.1, 0.15) is 18.4 Å². The lowest BCUT2D eigenvalue weighted by Crippen LogP contribution is -2.35. The zero-order valence-electron chi connectivity index (χ0n) is 16.4. The Bertz CT molecular complexity index is 967. The highest BCUT2D eigenvalue weighted by molar-refractivity contribution is 6.17. The van der Waals surface area contributed by atoms with Gasteiger partial charge in [0.2, 0.25) is 17.6 Å². The zero-order chi connectivity index (χ0) is 21.0. The Labute approximate surface area is 168 Å². The van der Waals surface area contributed by atoms with Crippen LogP contribution in [-0.4, -0.2) is 33.1 Å². The van der Waals surface area contributed by atoms with Crippen molar-refractivity contribution < 1.29 is 23.8 Å². The minimum atomic E-state index is -1.15. The smallest absolute Gasteiger partial charge is 0.240 e. The van der Waals surface area contributed by atoms with E-state index in [1.165, 1.54) is 21.3 Å². The third-order valence-electron chi connectivity index (χ3n) is 4.79. The van der Waals surface area contributed by atoms with Gasteiger partial charge in [-0.3, -0.25) is 9.59 Å². The number of nitriles is 1. The van der Waals surface area contributed by atoms with Crippen molar-refractivity contribution >= 4 is 23.2 Å². The van der Waals surface area contributed by atoms with E-state index in [2.05, 4.69) is 10.6 Å². The highest BCUT2D eigenvalue weighted by Gasteiger charge is 2.56. The molecule has 8 nitrogen and oxygen atoms in total. The van der Waals surface area contributed by atoms with Crippen LogP contribution in [0, 0.1) is 16.7 Å². The van der Waals surface area contributed by atoms with Crippen molar-refractivity contribution in [2.24, 2.45) is 5.41 Å². The van der Waals surface area contributed by atoms with Gasteiger partial charge in [0.25, 0.3) is 0 Å². The standard InChI is InChI=1S/C21H21N3O5/c1-27-16-10-15(11-17(28-2)18(16)29-3)24-20(26)21(7-8-21)19(25)23-14-6-4-5-13(9-14)12-22/h4-6,9-11H,7-8H2,1-3H3,(H,23,25)(H,24,26). The van der Waals surface area contributed by atoms with Crippen molar-refractivity contribution in [1.29, 1.82) is 5.26 Å². The van der Waals surface area contributed by atoms with E-state index in [4.69, 9.17) is 19.5 Å². The molecule has 0 heterocycles. The number of hydrogen-bond donors (Lipinski definition) is 2. The summed E-state index contributed by atoms with van der Waals surface area (Å²) in [5, 5.41) is 14.5. The lowest BCUT2D eigenvalue weighted by molar-refractivity contribution is -0.131. The topological polar surface area (TPSA) is 110 Å². The second-order valence-corrected chi connectivity index (χ2v) is 6.60. The Morgan fingerprint density at radius 3 is 2.00 bits per heavy atom. The average molecular weight is 395 g/mol. The number of nitrogens with one attached hydrogen (secondary N) is 2. The van der Waals surface area contributed by atoms with Crippen LogP contribution in [0.2, 0.25) is 0 Å². The van der Waals surface area contributed by atoms with Crippen molar-refractivity contribution in [1.82, 2.24) is 0 Å². The fraction of sp³-hybridized carbons (Fsp3) is 0.286. The van der Waals surface area contributed by atoms with E-state index in [0.717, 1.165) is 0 Å². The normalized spacial score (nSPS) is 13.6. The summed E-state index contributed by atoms with van der Waals surface area (Å²) >= 11 is 0. The van der Waals surface area contributed by atoms with Gasteiger partial charge in [-0.15, -0.1) is 0 Å². The van der Waals surface area contributed by atoms with Crippen LogP contribution in [0.15, 0.2) is 36.4 Å². The fourth-order valence-corrected chi connectivity index (χ4v) is 3.00. The third-order valence-corrected chi connectivity index (χ3v) is 4.79. The molecule has 1 fully saturated rings. The average Bonchev–Trinajstić information content (AvgIpc) is 3.55. The lowest BCUT2D eigenvalue weighted by atomic mass is 10.0. The van der Waals surface area contributed by atoms with E-state index in [-0.39, 0.29) is 0 Å².